The normalized spacial score (nSPS) is 38.9. The summed E-state index contributed by atoms with van der Waals surface area (Å²) in [5.74, 6) is -1.79. The van der Waals surface area contributed by atoms with E-state index < -0.39 is 17.4 Å². The van der Waals surface area contributed by atoms with Gasteiger partial charge in [0.25, 0.3) is 0 Å². The predicted molar refractivity (Wildman–Crippen MR) is 47.7 cm³/mol. The van der Waals surface area contributed by atoms with E-state index >= 15 is 0 Å². The molecule has 0 radical (unpaired) electrons. The van der Waals surface area contributed by atoms with E-state index in [1.54, 1.807) is 0 Å². The quantitative estimate of drug-likeness (QED) is 0.663. The van der Waals surface area contributed by atoms with Gasteiger partial charge in [0.2, 0.25) is 0 Å². The van der Waals surface area contributed by atoms with E-state index in [-0.39, 0.29) is 18.3 Å². The van der Waals surface area contributed by atoms with E-state index in [9.17, 15) is 9.59 Å². The first-order chi connectivity index (χ1) is 6.54. The molecule has 0 aliphatic heterocycles. The Bertz CT molecular complexity index is 320. The fourth-order valence-electron chi connectivity index (χ4n) is 2.75. The molecule has 1 fully saturated rings. The van der Waals surface area contributed by atoms with Crippen LogP contribution in [0.15, 0.2) is 12.2 Å². The van der Waals surface area contributed by atoms with Gasteiger partial charge in [0, 0.05) is 0 Å². The summed E-state index contributed by atoms with van der Waals surface area (Å²) in [5.41, 5.74) is -1.04. The Hall–Kier alpha value is -1.32. The molecule has 0 heterocycles. The van der Waals surface area contributed by atoms with Crippen LogP contribution in [0.25, 0.3) is 0 Å². The van der Waals surface area contributed by atoms with Gasteiger partial charge in [0.15, 0.2) is 0 Å². The Morgan fingerprint density at radius 2 is 2.07 bits per heavy atom. The second-order valence-corrected chi connectivity index (χ2v) is 4.22. The molecule has 0 saturated heterocycles. The minimum atomic E-state index is -1.04. The smallest absolute Gasteiger partial charge is 0.310 e. The van der Waals surface area contributed by atoms with Gasteiger partial charge in [-0.1, -0.05) is 12.2 Å². The lowest BCUT2D eigenvalue weighted by molar-refractivity contribution is -0.157. The average molecular weight is 196 g/mol. The molecule has 2 aliphatic carbocycles. The van der Waals surface area contributed by atoms with E-state index in [4.69, 9.17) is 10.2 Å². The minimum Gasteiger partial charge on any atom is -0.481 e. The fourth-order valence-corrected chi connectivity index (χ4v) is 2.75. The highest BCUT2D eigenvalue weighted by atomic mass is 16.4. The number of allylic oxidation sites excluding steroid dienone is 2. The molecule has 0 aromatic heterocycles. The van der Waals surface area contributed by atoms with Crippen LogP contribution in [0.1, 0.15) is 19.3 Å². The average Bonchev–Trinajstić information content (AvgIpc) is 2.61. The summed E-state index contributed by atoms with van der Waals surface area (Å²) in [7, 11) is 0. The molecule has 3 unspecified atom stereocenters. The maximum atomic E-state index is 11.2. The van der Waals surface area contributed by atoms with Gasteiger partial charge in [-0.3, -0.25) is 9.59 Å². The second-order valence-electron chi connectivity index (χ2n) is 4.22. The van der Waals surface area contributed by atoms with Crippen LogP contribution in [0.5, 0.6) is 0 Å². The van der Waals surface area contributed by atoms with Crippen LogP contribution in [0.2, 0.25) is 0 Å². The van der Waals surface area contributed by atoms with Crippen LogP contribution in [0.4, 0.5) is 0 Å². The van der Waals surface area contributed by atoms with Crippen molar-refractivity contribution in [2.24, 2.45) is 17.3 Å². The van der Waals surface area contributed by atoms with Gasteiger partial charge in [0.1, 0.15) is 0 Å². The van der Waals surface area contributed by atoms with Crippen LogP contribution < -0.4 is 0 Å². The first-order valence-electron chi connectivity index (χ1n) is 4.68. The fraction of sp³-hybridized carbons (Fsp3) is 0.600. The largest absolute Gasteiger partial charge is 0.481 e. The molecule has 1 saturated carbocycles. The van der Waals surface area contributed by atoms with E-state index in [1.807, 2.05) is 12.2 Å². The number of carboxylic acid groups (broad SMARTS) is 2. The Balaban J connectivity index is 2.29. The summed E-state index contributed by atoms with van der Waals surface area (Å²) in [5, 5.41) is 17.9. The molecule has 2 N–H and O–H groups in total. The number of carboxylic acids is 2. The van der Waals surface area contributed by atoms with Crippen molar-refractivity contribution in [1.82, 2.24) is 0 Å². The number of carbonyl (C=O) groups is 2. The molecule has 2 bridgehead atoms. The summed E-state index contributed by atoms with van der Waals surface area (Å²) < 4.78 is 0. The summed E-state index contributed by atoms with van der Waals surface area (Å²) in [6.07, 6.45) is 4.90. The van der Waals surface area contributed by atoms with Crippen molar-refractivity contribution in [2.75, 3.05) is 0 Å². The molecule has 0 aromatic rings. The van der Waals surface area contributed by atoms with E-state index in [0.717, 1.165) is 6.42 Å². The van der Waals surface area contributed by atoms with Crippen LogP contribution in [0.3, 0.4) is 0 Å². The van der Waals surface area contributed by atoms with Gasteiger partial charge in [-0.25, -0.2) is 0 Å². The highest BCUT2D eigenvalue weighted by molar-refractivity contribution is 5.82. The monoisotopic (exact) mass is 196 g/mol. The maximum Gasteiger partial charge on any atom is 0.310 e. The molecular formula is C10H12O4. The van der Waals surface area contributed by atoms with Gasteiger partial charge in [0.05, 0.1) is 11.8 Å². The third kappa shape index (κ3) is 1.14. The summed E-state index contributed by atoms with van der Waals surface area (Å²) in [6.45, 7) is 0. The van der Waals surface area contributed by atoms with Crippen molar-refractivity contribution in [2.45, 2.75) is 19.3 Å². The molecule has 4 heteroatoms. The van der Waals surface area contributed by atoms with Crippen LogP contribution in [-0.4, -0.2) is 22.2 Å². The first-order valence-corrected chi connectivity index (χ1v) is 4.68. The third-order valence-corrected chi connectivity index (χ3v) is 3.40. The lowest BCUT2D eigenvalue weighted by atomic mass is 9.73. The zero-order chi connectivity index (χ0) is 10.3. The van der Waals surface area contributed by atoms with Crippen molar-refractivity contribution in [3.63, 3.8) is 0 Å². The summed E-state index contributed by atoms with van der Waals surface area (Å²) in [6, 6.07) is 0. The second kappa shape index (κ2) is 2.83. The zero-order valence-corrected chi connectivity index (χ0v) is 7.64. The van der Waals surface area contributed by atoms with Gasteiger partial charge in [-0.15, -0.1) is 0 Å². The Morgan fingerprint density at radius 1 is 1.36 bits per heavy atom. The highest BCUT2D eigenvalue weighted by Gasteiger charge is 2.54. The molecular weight excluding hydrogens is 184 g/mol. The Morgan fingerprint density at radius 3 is 2.43 bits per heavy atom. The Kier molecular flexibility index (Phi) is 1.87. The number of rotatable bonds is 3. The van der Waals surface area contributed by atoms with Crippen LogP contribution in [0, 0.1) is 17.3 Å². The highest BCUT2D eigenvalue weighted by Crippen LogP contribution is 2.54. The van der Waals surface area contributed by atoms with Gasteiger partial charge in [-0.2, -0.15) is 0 Å². The lowest BCUT2D eigenvalue weighted by Gasteiger charge is -2.29. The van der Waals surface area contributed by atoms with Crippen LogP contribution in [-0.2, 0) is 9.59 Å². The van der Waals surface area contributed by atoms with E-state index in [0.29, 0.717) is 6.42 Å². The van der Waals surface area contributed by atoms with E-state index in [2.05, 4.69) is 0 Å². The van der Waals surface area contributed by atoms with Crippen molar-refractivity contribution in [1.29, 1.82) is 0 Å². The maximum absolute atomic E-state index is 11.2. The molecule has 3 atom stereocenters. The topological polar surface area (TPSA) is 74.6 Å². The SMILES string of the molecule is O=C(O)CC1(C(=O)O)CC2C=CC1C2. The minimum absolute atomic E-state index is 0.0823. The third-order valence-electron chi connectivity index (χ3n) is 3.40. The number of hydrogen-bond donors (Lipinski definition) is 2. The van der Waals surface area contributed by atoms with Gasteiger partial charge < -0.3 is 10.2 Å². The van der Waals surface area contributed by atoms with Crippen molar-refractivity contribution < 1.29 is 19.8 Å². The molecule has 4 nitrogen and oxygen atoms in total. The Labute approximate surface area is 81.2 Å². The predicted octanol–water partition coefficient (Wildman–Crippen LogP) is 1.13. The van der Waals surface area contributed by atoms with E-state index in [1.165, 1.54) is 0 Å². The standard InChI is InChI=1S/C10H12O4/c11-8(12)5-10(9(13)14)4-6-1-2-7(10)3-6/h1-2,6-7H,3-5H2,(H,11,12)(H,13,14). The zero-order valence-electron chi connectivity index (χ0n) is 7.64. The molecule has 76 valence electrons. The van der Waals surface area contributed by atoms with Crippen molar-refractivity contribution in [3.05, 3.63) is 12.2 Å². The molecule has 2 aliphatic rings. The van der Waals surface area contributed by atoms with Crippen molar-refractivity contribution in [3.8, 4) is 0 Å². The van der Waals surface area contributed by atoms with Crippen molar-refractivity contribution >= 4 is 11.9 Å². The number of hydrogen-bond acceptors (Lipinski definition) is 2. The lowest BCUT2D eigenvalue weighted by Crippen LogP contribution is -2.37. The van der Waals surface area contributed by atoms with Gasteiger partial charge >= 0.3 is 11.9 Å². The molecule has 0 aromatic carbocycles. The molecule has 0 amide bonds. The summed E-state index contributed by atoms with van der Waals surface area (Å²) in [4.78, 5) is 21.8. The first kappa shape index (κ1) is 9.24. The van der Waals surface area contributed by atoms with Crippen LogP contribution >= 0.6 is 0 Å². The molecule has 0 spiro atoms. The molecule has 14 heavy (non-hydrogen) atoms. The number of aliphatic carboxylic acids is 2. The summed E-state index contributed by atoms with van der Waals surface area (Å²) >= 11 is 0. The van der Waals surface area contributed by atoms with Gasteiger partial charge in [-0.05, 0) is 24.7 Å². The number of fused-ring (bicyclic) bond motifs is 2. The molecule has 2 rings (SSSR count).